The van der Waals surface area contributed by atoms with Gasteiger partial charge >= 0.3 is 0 Å². The van der Waals surface area contributed by atoms with Gasteiger partial charge in [-0.05, 0) is 42.8 Å². The maximum atomic E-state index is 14.6. The third-order valence-electron chi connectivity index (χ3n) is 4.66. The Labute approximate surface area is 187 Å². The Kier molecular flexibility index (Phi) is 6.04. The summed E-state index contributed by atoms with van der Waals surface area (Å²) in [6.07, 6.45) is 2.81. The van der Waals surface area contributed by atoms with Crippen LogP contribution in [0, 0.1) is 12.7 Å². The number of halogens is 2. The Bertz CT molecular complexity index is 1300. The summed E-state index contributed by atoms with van der Waals surface area (Å²) in [6.45, 7) is 1.79. The summed E-state index contributed by atoms with van der Waals surface area (Å²) in [4.78, 5) is 31.5. The van der Waals surface area contributed by atoms with Gasteiger partial charge in [-0.15, -0.1) is 0 Å². The number of hydrogen-bond donors (Lipinski definition) is 3. The first-order valence-corrected chi connectivity index (χ1v) is 10.0. The Hall–Kier alpha value is -3.91. The van der Waals surface area contributed by atoms with Crippen molar-refractivity contribution in [1.82, 2.24) is 9.97 Å². The number of H-pyrrole nitrogens is 1. The van der Waals surface area contributed by atoms with E-state index in [1.807, 2.05) is 0 Å². The van der Waals surface area contributed by atoms with Gasteiger partial charge < -0.3 is 20.4 Å². The van der Waals surface area contributed by atoms with Crippen molar-refractivity contribution in [2.45, 2.75) is 13.3 Å². The second kappa shape index (κ2) is 9.07. The molecule has 0 spiro atoms. The van der Waals surface area contributed by atoms with Crippen LogP contribution >= 0.6 is 11.6 Å². The number of para-hydroxylation sites is 1. The molecule has 0 bridgehead atoms. The van der Waals surface area contributed by atoms with Crippen molar-refractivity contribution in [3.8, 4) is 11.5 Å². The van der Waals surface area contributed by atoms with Crippen molar-refractivity contribution >= 4 is 45.8 Å². The Morgan fingerprint density at radius 1 is 1.09 bits per heavy atom. The van der Waals surface area contributed by atoms with E-state index in [9.17, 15) is 14.0 Å². The van der Waals surface area contributed by atoms with Crippen LogP contribution in [0.25, 0.3) is 11.0 Å². The molecule has 32 heavy (non-hydrogen) atoms. The van der Waals surface area contributed by atoms with E-state index in [1.165, 1.54) is 12.1 Å². The number of anilines is 2. The molecule has 0 saturated carbocycles. The van der Waals surface area contributed by atoms with E-state index >= 15 is 0 Å². The normalized spacial score (nSPS) is 10.7. The fraction of sp³-hybridized carbons (Fsp3) is 0.0870. The number of fused-ring (bicyclic) bond motifs is 1. The first kappa shape index (κ1) is 21.3. The molecule has 0 radical (unpaired) electrons. The summed E-state index contributed by atoms with van der Waals surface area (Å²) < 4.78 is 20.2. The number of aromatic amines is 1. The Morgan fingerprint density at radius 2 is 1.91 bits per heavy atom. The largest absolute Gasteiger partial charge is 0.453 e. The molecule has 0 aliphatic heterocycles. The summed E-state index contributed by atoms with van der Waals surface area (Å²) in [6, 6.07) is 12.6. The number of amides is 2. The zero-order valence-corrected chi connectivity index (χ0v) is 17.7. The molecule has 0 saturated heterocycles. The quantitative estimate of drug-likeness (QED) is 0.340. The molecule has 2 heterocycles. The van der Waals surface area contributed by atoms with Gasteiger partial charge in [0.05, 0.1) is 16.1 Å². The minimum Gasteiger partial charge on any atom is -0.453 e. The van der Waals surface area contributed by atoms with Crippen LogP contribution in [0.15, 0.2) is 60.9 Å². The van der Waals surface area contributed by atoms with E-state index in [-0.39, 0.29) is 11.4 Å². The van der Waals surface area contributed by atoms with E-state index in [1.54, 1.807) is 49.6 Å². The summed E-state index contributed by atoms with van der Waals surface area (Å²) in [5, 5.41) is 6.21. The van der Waals surface area contributed by atoms with Crippen LogP contribution in [-0.4, -0.2) is 21.8 Å². The molecule has 162 valence electrons. The van der Waals surface area contributed by atoms with Crippen molar-refractivity contribution in [2.75, 3.05) is 10.6 Å². The van der Waals surface area contributed by atoms with Crippen LogP contribution in [0.5, 0.6) is 11.5 Å². The molecule has 0 aliphatic carbocycles. The van der Waals surface area contributed by atoms with Gasteiger partial charge in [0.2, 0.25) is 11.8 Å². The molecule has 3 N–H and O–H groups in total. The predicted octanol–water partition coefficient (Wildman–Crippen LogP) is 5.42. The van der Waals surface area contributed by atoms with Crippen LogP contribution in [0.2, 0.25) is 5.02 Å². The smallest absolute Gasteiger partial charge is 0.233 e. The van der Waals surface area contributed by atoms with Gasteiger partial charge in [-0.3, -0.25) is 9.59 Å². The number of carbonyl (C=O) groups is 2. The van der Waals surface area contributed by atoms with Gasteiger partial charge in [0.25, 0.3) is 0 Å². The van der Waals surface area contributed by atoms with Crippen molar-refractivity contribution < 1.29 is 18.7 Å². The molecule has 0 fully saturated rings. The molecule has 9 heteroatoms. The molecular formula is C23H18ClFN4O3. The average molecular weight is 453 g/mol. The number of rotatable bonds is 6. The lowest BCUT2D eigenvalue weighted by atomic mass is 10.2. The second-order valence-corrected chi connectivity index (χ2v) is 7.41. The number of aryl methyl sites for hydroxylation is 1. The number of pyridine rings is 1. The fourth-order valence-electron chi connectivity index (χ4n) is 3.13. The molecule has 7 nitrogen and oxygen atoms in total. The number of carbonyl (C=O) groups excluding carboxylic acids is 2. The maximum Gasteiger partial charge on any atom is 0.233 e. The SMILES string of the molecule is Cc1cccc(Cl)c1NC(=O)CC(=O)Nc1ccc(Oc2ccnc3[nH]ccc23)c(F)c1. The van der Waals surface area contributed by atoms with E-state index < -0.39 is 24.1 Å². The standard InChI is InChI=1S/C23H18ClFN4O3/c1-13-3-2-4-16(24)22(13)29-21(31)12-20(30)28-14-5-6-19(17(25)11-14)32-18-8-10-27-23-15(18)7-9-26-23/h2-11H,12H2,1H3,(H,26,27)(H,28,30)(H,29,31). The first-order valence-electron chi connectivity index (χ1n) is 9.65. The van der Waals surface area contributed by atoms with E-state index in [4.69, 9.17) is 16.3 Å². The number of benzene rings is 2. The predicted molar refractivity (Wildman–Crippen MR) is 121 cm³/mol. The molecule has 2 aromatic carbocycles. The number of nitrogens with one attached hydrogen (secondary N) is 3. The van der Waals surface area contributed by atoms with Crippen molar-refractivity contribution in [1.29, 1.82) is 0 Å². The van der Waals surface area contributed by atoms with Crippen LogP contribution in [-0.2, 0) is 9.59 Å². The van der Waals surface area contributed by atoms with E-state index in [0.717, 1.165) is 11.6 Å². The number of ether oxygens (including phenoxy) is 1. The van der Waals surface area contributed by atoms with Gasteiger partial charge in [0.15, 0.2) is 11.6 Å². The summed E-state index contributed by atoms with van der Waals surface area (Å²) in [5.74, 6) is -1.36. The number of aromatic nitrogens is 2. The second-order valence-electron chi connectivity index (χ2n) is 7.00. The highest BCUT2D eigenvalue weighted by atomic mass is 35.5. The molecule has 0 aliphatic rings. The Morgan fingerprint density at radius 3 is 2.69 bits per heavy atom. The molecule has 4 aromatic rings. The third-order valence-corrected chi connectivity index (χ3v) is 4.98. The maximum absolute atomic E-state index is 14.6. The first-order chi connectivity index (χ1) is 15.4. The minimum absolute atomic E-state index is 0.0105. The van der Waals surface area contributed by atoms with Gasteiger partial charge in [-0.1, -0.05) is 23.7 Å². The van der Waals surface area contributed by atoms with Crippen LogP contribution < -0.4 is 15.4 Å². The molecular weight excluding hydrogens is 435 g/mol. The fourth-order valence-corrected chi connectivity index (χ4v) is 3.40. The highest BCUT2D eigenvalue weighted by molar-refractivity contribution is 6.34. The van der Waals surface area contributed by atoms with Crippen LogP contribution in [0.4, 0.5) is 15.8 Å². The van der Waals surface area contributed by atoms with Crippen molar-refractivity contribution in [2.24, 2.45) is 0 Å². The van der Waals surface area contributed by atoms with Crippen molar-refractivity contribution in [3.05, 3.63) is 77.3 Å². The lowest BCUT2D eigenvalue weighted by Crippen LogP contribution is -2.22. The summed E-state index contributed by atoms with van der Waals surface area (Å²) >= 11 is 6.08. The number of nitrogens with zero attached hydrogens (tertiary/aromatic N) is 1. The topological polar surface area (TPSA) is 96.1 Å². The monoisotopic (exact) mass is 452 g/mol. The van der Waals surface area contributed by atoms with Gasteiger partial charge in [0, 0.05) is 24.1 Å². The highest BCUT2D eigenvalue weighted by Gasteiger charge is 2.15. The van der Waals surface area contributed by atoms with Gasteiger partial charge in [0.1, 0.15) is 17.8 Å². The number of hydrogen-bond acceptors (Lipinski definition) is 4. The minimum atomic E-state index is -0.667. The van der Waals surface area contributed by atoms with Crippen LogP contribution in [0.3, 0.4) is 0 Å². The molecule has 0 unspecified atom stereocenters. The molecule has 0 atom stereocenters. The zero-order valence-electron chi connectivity index (χ0n) is 16.9. The van der Waals surface area contributed by atoms with Gasteiger partial charge in [-0.25, -0.2) is 9.37 Å². The summed E-state index contributed by atoms with van der Waals surface area (Å²) in [5.41, 5.74) is 2.04. The molecule has 4 rings (SSSR count). The zero-order chi connectivity index (χ0) is 22.7. The highest BCUT2D eigenvalue weighted by Crippen LogP contribution is 2.31. The third kappa shape index (κ3) is 4.70. The summed E-state index contributed by atoms with van der Waals surface area (Å²) in [7, 11) is 0. The van der Waals surface area contributed by atoms with E-state index in [0.29, 0.717) is 27.5 Å². The molecule has 2 amide bonds. The average Bonchev–Trinajstić information content (AvgIpc) is 3.22. The van der Waals surface area contributed by atoms with Crippen molar-refractivity contribution in [3.63, 3.8) is 0 Å². The lowest BCUT2D eigenvalue weighted by molar-refractivity contribution is -0.123. The lowest BCUT2D eigenvalue weighted by Gasteiger charge is -2.11. The molecule has 2 aromatic heterocycles. The Balaban J connectivity index is 1.39. The van der Waals surface area contributed by atoms with Gasteiger partial charge in [-0.2, -0.15) is 0 Å². The van der Waals surface area contributed by atoms with Crippen LogP contribution in [0.1, 0.15) is 12.0 Å². The van der Waals surface area contributed by atoms with E-state index in [2.05, 4.69) is 20.6 Å².